The molecule has 1 heterocycles. The van der Waals surface area contributed by atoms with Crippen molar-refractivity contribution in [2.75, 3.05) is 6.54 Å². The molecule has 0 radical (unpaired) electrons. The lowest BCUT2D eigenvalue weighted by Crippen LogP contribution is -2.30. The van der Waals surface area contributed by atoms with Crippen molar-refractivity contribution in [1.29, 1.82) is 0 Å². The third-order valence-corrected chi connectivity index (χ3v) is 2.50. The van der Waals surface area contributed by atoms with Gasteiger partial charge in [0, 0.05) is 25.6 Å². The normalized spacial score (nSPS) is 10.0. The average Bonchev–Trinajstić information content (AvgIpc) is 2.34. The molecule has 0 aromatic carbocycles. The molecule has 4 nitrogen and oxygen atoms in total. The quantitative estimate of drug-likeness (QED) is 0.754. The third kappa shape index (κ3) is 4.76. The summed E-state index contributed by atoms with van der Waals surface area (Å²) in [5, 5.41) is 0. The highest BCUT2D eigenvalue weighted by molar-refractivity contribution is 5.83. The highest BCUT2D eigenvalue weighted by Crippen LogP contribution is 2.04. The number of rotatable bonds is 6. The van der Waals surface area contributed by atoms with Gasteiger partial charge in [-0.1, -0.05) is 6.07 Å². The molecule has 0 unspecified atom stereocenters. The highest BCUT2D eigenvalue weighted by Gasteiger charge is 2.12. The van der Waals surface area contributed by atoms with Crippen molar-refractivity contribution in [2.24, 2.45) is 0 Å². The van der Waals surface area contributed by atoms with E-state index < -0.39 is 0 Å². The van der Waals surface area contributed by atoms with E-state index in [2.05, 4.69) is 4.98 Å². The van der Waals surface area contributed by atoms with Crippen LogP contribution in [0.3, 0.4) is 0 Å². The van der Waals surface area contributed by atoms with Gasteiger partial charge in [-0.3, -0.25) is 9.78 Å². The SMILES string of the molecule is CCN(Cc1ccccn1)C(=O)CCC(C)=O. The largest absolute Gasteiger partial charge is 0.337 e. The van der Waals surface area contributed by atoms with E-state index in [0.717, 1.165) is 5.69 Å². The van der Waals surface area contributed by atoms with E-state index in [9.17, 15) is 9.59 Å². The summed E-state index contributed by atoms with van der Waals surface area (Å²) in [5.74, 6) is 0.0561. The van der Waals surface area contributed by atoms with E-state index in [1.54, 1.807) is 11.1 Å². The Balaban J connectivity index is 2.53. The Labute approximate surface area is 102 Å². The first kappa shape index (κ1) is 13.4. The summed E-state index contributed by atoms with van der Waals surface area (Å²) in [6, 6.07) is 5.63. The van der Waals surface area contributed by atoms with Crippen molar-refractivity contribution >= 4 is 11.7 Å². The molecule has 0 saturated heterocycles. The third-order valence-electron chi connectivity index (χ3n) is 2.50. The molecule has 0 spiro atoms. The predicted octanol–water partition coefficient (Wildman–Crippen LogP) is 1.80. The number of nitrogens with zero attached hydrogens (tertiary/aromatic N) is 2. The zero-order chi connectivity index (χ0) is 12.7. The Kier molecular flexibility index (Phi) is 5.33. The minimum atomic E-state index is 0.00773. The monoisotopic (exact) mass is 234 g/mol. The average molecular weight is 234 g/mol. The molecule has 0 fully saturated rings. The summed E-state index contributed by atoms with van der Waals surface area (Å²) < 4.78 is 0. The standard InChI is InChI=1S/C13H18N2O2/c1-3-15(13(17)8-7-11(2)16)10-12-6-4-5-9-14-12/h4-6,9H,3,7-8,10H2,1-2H3. The molecule has 4 heteroatoms. The number of hydrogen-bond acceptors (Lipinski definition) is 3. The van der Waals surface area contributed by atoms with Crippen LogP contribution in [0.5, 0.6) is 0 Å². The number of carbonyl (C=O) groups excluding carboxylic acids is 2. The summed E-state index contributed by atoms with van der Waals surface area (Å²) >= 11 is 0. The number of ketones is 1. The Morgan fingerprint density at radius 2 is 2.06 bits per heavy atom. The molecule has 0 bridgehead atoms. The summed E-state index contributed by atoms with van der Waals surface area (Å²) in [4.78, 5) is 28.6. The van der Waals surface area contributed by atoms with Gasteiger partial charge in [0.2, 0.25) is 5.91 Å². The summed E-state index contributed by atoms with van der Waals surface area (Å²) in [7, 11) is 0. The lowest BCUT2D eigenvalue weighted by molar-refractivity contribution is -0.133. The molecule has 92 valence electrons. The van der Waals surface area contributed by atoms with Gasteiger partial charge in [0.05, 0.1) is 12.2 Å². The zero-order valence-electron chi connectivity index (χ0n) is 10.3. The molecule has 1 aromatic rings. The van der Waals surface area contributed by atoms with Crippen LogP contribution in [0.1, 0.15) is 32.4 Å². The fourth-order valence-corrected chi connectivity index (χ4v) is 1.50. The Morgan fingerprint density at radius 1 is 1.29 bits per heavy atom. The molecule has 0 N–H and O–H groups in total. The van der Waals surface area contributed by atoms with Crippen molar-refractivity contribution < 1.29 is 9.59 Å². The van der Waals surface area contributed by atoms with Gasteiger partial charge in [-0.25, -0.2) is 0 Å². The molecule has 0 aliphatic heterocycles. The van der Waals surface area contributed by atoms with Gasteiger partial charge in [0.1, 0.15) is 5.78 Å². The first-order valence-electron chi connectivity index (χ1n) is 5.80. The number of hydrogen-bond donors (Lipinski definition) is 0. The molecule has 1 rings (SSSR count). The molecular formula is C13H18N2O2. The first-order valence-corrected chi connectivity index (χ1v) is 5.80. The molecule has 0 atom stereocenters. The van der Waals surface area contributed by atoms with Crippen molar-refractivity contribution in [3.8, 4) is 0 Å². The van der Waals surface area contributed by atoms with Crippen LogP contribution >= 0.6 is 0 Å². The summed E-state index contributed by atoms with van der Waals surface area (Å²) in [6.45, 7) is 4.57. The Bertz CT molecular complexity index is 376. The predicted molar refractivity (Wildman–Crippen MR) is 65.2 cm³/mol. The Morgan fingerprint density at radius 3 is 2.59 bits per heavy atom. The van der Waals surface area contributed by atoms with Crippen molar-refractivity contribution in [2.45, 2.75) is 33.2 Å². The van der Waals surface area contributed by atoms with Gasteiger partial charge in [0.25, 0.3) is 0 Å². The highest BCUT2D eigenvalue weighted by atomic mass is 16.2. The molecule has 17 heavy (non-hydrogen) atoms. The second-order valence-electron chi connectivity index (χ2n) is 3.93. The molecular weight excluding hydrogens is 216 g/mol. The van der Waals surface area contributed by atoms with Gasteiger partial charge in [0.15, 0.2) is 0 Å². The molecule has 1 aromatic heterocycles. The number of carbonyl (C=O) groups is 2. The summed E-state index contributed by atoms with van der Waals surface area (Å²) in [6.07, 6.45) is 2.32. The van der Waals surface area contributed by atoms with E-state index in [4.69, 9.17) is 0 Å². The number of amides is 1. The van der Waals surface area contributed by atoms with E-state index in [0.29, 0.717) is 19.5 Å². The van der Waals surface area contributed by atoms with Crippen LogP contribution in [-0.2, 0) is 16.1 Å². The lowest BCUT2D eigenvalue weighted by Gasteiger charge is -2.20. The minimum absolute atomic E-state index is 0.00773. The fourth-order valence-electron chi connectivity index (χ4n) is 1.50. The number of aromatic nitrogens is 1. The number of pyridine rings is 1. The van der Waals surface area contributed by atoms with Crippen LogP contribution in [0.2, 0.25) is 0 Å². The van der Waals surface area contributed by atoms with Crippen molar-refractivity contribution in [1.82, 2.24) is 9.88 Å². The van der Waals surface area contributed by atoms with Gasteiger partial charge in [-0.2, -0.15) is 0 Å². The topological polar surface area (TPSA) is 50.3 Å². The molecule has 0 aliphatic rings. The number of Topliss-reactive ketones (excluding diaryl/α,β-unsaturated/α-hetero) is 1. The van der Waals surface area contributed by atoms with E-state index in [1.165, 1.54) is 6.92 Å². The van der Waals surface area contributed by atoms with Crippen LogP contribution in [-0.4, -0.2) is 28.1 Å². The van der Waals surface area contributed by atoms with Gasteiger partial charge < -0.3 is 9.69 Å². The molecule has 0 saturated carbocycles. The van der Waals surface area contributed by atoms with Crippen LogP contribution in [0.15, 0.2) is 24.4 Å². The minimum Gasteiger partial charge on any atom is -0.337 e. The van der Waals surface area contributed by atoms with Gasteiger partial charge >= 0.3 is 0 Å². The fraction of sp³-hybridized carbons (Fsp3) is 0.462. The van der Waals surface area contributed by atoms with E-state index in [-0.39, 0.29) is 18.1 Å². The molecule has 0 aliphatic carbocycles. The second-order valence-corrected chi connectivity index (χ2v) is 3.93. The molecule has 1 amide bonds. The first-order chi connectivity index (χ1) is 8.13. The van der Waals surface area contributed by atoms with Gasteiger partial charge in [-0.15, -0.1) is 0 Å². The van der Waals surface area contributed by atoms with Gasteiger partial charge in [-0.05, 0) is 26.0 Å². The van der Waals surface area contributed by atoms with E-state index in [1.807, 2.05) is 25.1 Å². The van der Waals surface area contributed by atoms with E-state index >= 15 is 0 Å². The van der Waals surface area contributed by atoms with Crippen LogP contribution in [0.25, 0.3) is 0 Å². The van der Waals surface area contributed by atoms with Crippen LogP contribution in [0, 0.1) is 0 Å². The van der Waals surface area contributed by atoms with Crippen LogP contribution in [0.4, 0.5) is 0 Å². The Hall–Kier alpha value is -1.71. The van der Waals surface area contributed by atoms with Crippen molar-refractivity contribution in [3.05, 3.63) is 30.1 Å². The maximum Gasteiger partial charge on any atom is 0.223 e. The van der Waals surface area contributed by atoms with Crippen LogP contribution < -0.4 is 0 Å². The zero-order valence-corrected chi connectivity index (χ0v) is 10.3. The lowest BCUT2D eigenvalue weighted by atomic mass is 10.2. The maximum atomic E-state index is 11.8. The second kappa shape index (κ2) is 6.78. The summed E-state index contributed by atoms with van der Waals surface area (Å²) in [5.41, 5.74) is 0.866. The smallest absolute Gasteiger partial charge is 0.223 e. The van der Waals surface area contributed by atoms with Crippen molar-refractivity contribution in [3.63, 3.8) is 0 Å². The maximum absolute atomic E-state index is 11.8.